The molecule has 0 aliphatic heterocycles. The third-order valence-corrected chi connectivity index (χ3v) is 3.95. The Morgan fingerprint density at radius 2 is 2.21 bits per heavy atom. The third kappa shape index (κ3) is 3.28. The Balaban J connectivity index is 2.75. The molecule has 1 rings (SSSR count). The molecule has 0 aromatic heterocycles. The van der Waals surface area contributed by atoms with E-state index >= 15 is 0 Å². The van der Waals surface area contributed by atoms with E-state index in [1.54, 1.807) is 17.9 Å². The van der Waals surface area contributed by atoms with Crippen LogP contribution in [0, 0.1) is 5.41 Å². The first-order chi connectivity index (χ1) is 8.82. The van der Waals surface area contributed by atoms with Gasteiger partial charge >= 0.3 is 12.0 Å². The van der Waals surface area contributed by atoms with Crippen molar-refractivity contribution >= 4 is 12.0 Å². The average molecular weight is 268 g/mol. The Labute approximate surface area is 114 Å². The van der Waals surface area contributed by atoms with E-state index in [0.29, 0.717) is 19.4 Å². The molecule has 1 aliphatic carbocycles. The van der Waals surface area contributed by atoms with Crippen LogP contribution in [0.5, 0.6) is 0 Å². The highest BCUT2D eigenvalue weighted by Crippen LogP contribution is 2.38. The van der Waals surface area contributed by atoms with E-state index in [2.05, 4.69) is 11.9 Å². The zero-order valence-electron chi connectivity index (χ0n) is 12.0. The number of hydrogen-bond donors (Lipinski definition) is 2. The van der Waals surface area contributed by atoms with Gasteiger partial charge in [0.2, 0.25) is 0 Å². The van der Waals surface area contributed by atoms with Crippen molar-refractivity contribution in [3.8, 4) is 0 Å². The molecule has 0 aromatic rings. The molecule has 1 fully saturated rings. The third-order valence-electron chi connectivity index (χ3n) is 3.95. The minimum atomic E-state index is -0.855. The standard InChI is InChI=1S/C14H24N2O3/c1-5-9-16(10(2)3)13(19)15-11-7-6-8-14(11,4)12(17)18/h5,10-11H,1,6-9H2,2-4H3,(H,15,19)(H,17,18). The lowest BCUT2D eigenvalue weighted by Gasteiger charge is -2.32. The highest BCUT2D eigenvalue weighted by Gasteiger charge is 2.46. The SMILES string of the molecule is C=CCN(C(=O)NC1CCCC1(C)C(=O)O)C(C)C. The molecule has 2 N–H and O–H groups in total. The highest BCUT2D eigenvalue weighted by molar-refractivity contribution is 5.79. The fourth-order valence-corrected chi connectivity index (χ4v) is 2.55. The summed E-state index contributed by atoms with van der Waals surface area (Å²) in [6.45, 7) is 9.65. The van der Waals surface area contributed by atoms with Crippen molar-refractivity contribution < 1.29 is 14.7 Å². The van der Waals surface area contributed by atoms with E-state index in [4.69, 9.17) is 0 Å². The van der Waals surface area contributed by atoms with Gasteiger partial charge in [0.15, 0.2) is 0 Å². The quantitative estimate of drug-likeness (QED) is 0.751. The van der Waals surface area contributed by atoms with Crippen molar-refractivity contribution in [1.82, 2.24) is 10.2 Å². The van der Waals surface area contributed by atoms with Gasteiger partial charge in [0.05, 0.1) is 5.41 Å². The smallest absolute Gasteiger partial charge is 0.318 e. The summed E-state index contributed by atoms with van der Waals surface area (Å²) in [5.74, 6) is -0.838. The summed E-state index contributed by atoms with van der Waals surface area (Å²) >= 11 is 0. The summed E-state index contributed by atoms with van der Waals surface area (Å²) in [5, 5.41) is 12.2. The van der Waals surface area contributed by atoms with Crippen LogP contribution in [0.4, 0.5) is 4.79 Å². The minimum absolute atomic E-state index is 0.0514. The molecular weight excluding hydrogens is 244 g/mol. The summed E-state index contributed by atoms with van der Waals surface area (Å²) in [6.07, 6.45) is 3.83. The van der Waals surface area contributed by atoms with E-state index in [-0.39, 0.29) is 18.1 Å². The first-order valence-electron chi connectivity index (χ1n) is 6.74. The van der Waals surface area contributed by atoms with Gasteiger partial charge in [-0.25, -0.2) is 4.79 Å². The number of rotatable bonds is 5. The van der Waals surface area contributed by atoms with Gasteiger partial charge in [-0.05, 0) is 33.6 Å². The second-order valence-corrected chi connectivity index (χ2v) is 5.65. The number of nitrogens with zero attached hydrogens (tertiary/aromatic N) is 1. The molecule has 1 saturated carbocycles. The van der Waals surface area contributed by atoms with E-state index in [1.165, 1.54) is 0 Å². The van der Waals surface area contributed by atoms with E-state index in [0.717, 1.165) is 6.42 Å². The predicted molar refractivity (Wildman–Crippen MR) is 74.0 cm³/mol. The lowest BCUT2D eigenvalue weighted by Crippen LogP contribution is -2.52. The number of aliphatic carboxylic acids is 1. The van der Waals surface area contributed by atoms with Gasteiger partial charge in [0, 0.05) is 18.6 Å². The number of urea groups is 1. The largest absolute Gasteiger partial charge is 0.481 e. The Hall–Kier alpha value is -1.52. The molecule has 2 atom stereocenters. The summed E-state index contributed by atoms with van der Waals surface area (Å²) in [6, 6.07) is -0.465. The van der Waals surface area contributed by atoms with Crippen LogP contribution in [0.25, 0.3) is 0 Å². The highest BCUT2D eigenvalue weighted by atomic mass is 16.4. The molecular formula is C14H24N2O3. The summed E-state index contributed by atoms with van der Waals surface area (Å²) < 4.78 is 0. The molecule has 0 aromatic carbocycles. The van der Waals surface area contributed by atoms with Gasteiger partial charge in [-0.15, -0.1) is 6.58 Å². The van der Waals surface area contributed by atoms with Crippen LogP contribution in [-0.2, 0) is 4.79 Å². The van der Waals surface area contributed by atoms with Crippen LogP contribution >= 0.6 is 0 Å². The van der Waals surface area contributed by atoms with Crippen LogP contribution in [0.2, 0.25) is 0 Å². The normalized spacial score (nSPS) is 26.2. The zero-order valence-corrected chi connectivity index (χ0v) is 12.0. The van der Waals surface area contributed by atoms with Crippen molar-refractivity contribution in [2.45, 2.75) is 52.1 Å². The van der Waals surface area contributed by atoms with Crippen molar-refractivity contribution in [2.75, 3.05) is 6.54 Å². The molecule has 2 amide bonds. The molecule has 5 nitrogen and oxygen atoms in total. The molecule has 0 bridgehead atoms. The molecule has 5 heteroatoms. The van der Waals surface area contributed by atoms with Crippen LogP contribution in [0.1, 0.15) is 40.0 Å². The maximum atomic E-state index is 12.2. The number of amides is 2. The maximum Gasteiger partial charge on any atom is 0.318 e. The van der Waals surface area contributed by atoms with Gasteiger partial charge in [-0.1, -0.05) is 12.5 Å². The van der Waals surface area contributed by atoms with Crippen LogP contribution in [0.15, 0.2) is 12.7 Å². The van der Waals surface area contributed by atoms with E-state index < -0.39 is 11.4 Å². The van der Waals surface area contributed by atoms with Gasteiger partial charge < -0.3 is 15.3 Å². The fourth-order valence-electron chi connectivity index (χ4n) is 2.55. The number of carbonyl (C=O) groups excluding carboxylic acids is 1. The van der Waals surface area contributed by atoms with Gasteiger partial charge in [0.25, 0.3) is 0 Å². The summed E-state index contributed by atoms with van der Waals surface area (Å²) in [4.78, 5) is 25.2. The number of carboxylic acid groups (broad SMARTS) is 1. The molecule has 0 spiro atoms. The van der Waals surface area contributed by atoms with Crippen molar-refractivity contribution in [3.05, 3.63) is 12.7 Å². The number of carbonyl (C=O) groups is 2. The first-order valence-corrected chi connectivity index (χ1v) is 6.74. The zero-order chi connectivity index (χ0) is 14.6. The number of nitrogens with one attached hydrogen (secondary N) is 1. The van der Waals surface area contributed by atoms with E-state index in [9.17, 15) is 14.7 Å². The molecule has 1 aliphatic rings. The first kappa shape index (κ1) is 15.5. The lowest BCUT2D eigenvalue weighted by molar-refractivity contribution is -0.148. The molecule has 0 radical (unpaired) electrons. The van der Waals surface area contributed by atoms with Crippen LogP contribution < -0.4 is 5.32 Å². The summed E-state index contributed by atoms with van der Waals surface area (Å²) in [7, 11) is 0. The topological polar surface area (TPSA) is 69.6 Å². The Morgan fingerprint density at radius 1 is 1.58 bits per heavy atom. The lowest BCUT2D eigenvalue weighted by atomic mass is 9.85. The Morgan fingerprint density at radius 3 is 2.68 bits per heavy atom. The second-order valence-electron chi connectivity index (χ2n) is 5.65. The fraction of sp³-hybridized carbons (Fsp3) is 0.714. The molecule has 108 valence electrons. The van der Waals surface area contributed by atoms with Crippen molar-refractivity contribution in [1.29, 1.82) is 0 Å². The Bertz CT molecular complexity index is 368. The summed E-state index contributed by atoms with van der Waals surface area (Å²) in [5.41, 5.74) is -0.855. The Kier molecular flexibility index (Phi) is 4.97. The van der Waals surface area contributed by atoms with Gasteiger partial charge in [-0.3, -0.25) is 4.79 Å². The molecule has 0 heterocycles. The monoisotopic (exact) mass is 268 g/mol. The maximum absolute atomic E-state index is 12.2. The van der Waals surface area contributed by atoms with Gasteiger partial charge in [-0.2, -0.15) is 0 Å². The van der Waals surface area contributed by atoms with Crippen LogP contribution in [-0.4, -0.2) is 40.6 Å². The predicted octanol–water partition coefficient (Wildman–Crippen LogP) is 2.24. The number of hydrogen-bond acceptors (Lipinski definition) is 2. The number of carboxylic acids is 1. The molecule has 19 heavy (non-hydrogen) atoms. The second kappa shape index (κ2) is 6.08. The van der Waals surface area contributed by atoms with Crippen molar-refractivity contribution in [2.24, 2.45) is 5.41 Å². The minimum Gasteiger partial charge on any atom is -0.481 e. The molecule has 2 unspecified atom stereocenters. The average Bonchev–Trinajstić information content (AvgIpc) is 2.68. The van der Waals surface area contributed by atoms with E-state index in [1.807, 2.05) is 13.8 Å². The van der Waals surface area contributed by atoms with Gasteiger partial charge in [0.1, 0.15) is 0 Å². The molecule has 0 saturated heterocycles. The van der Waals surface area contributed by atoms with Crippen LogP contribution in [0.3, 0.4) is 0 Å². The van der Waals surface area contributed by atoms with Crippen molar-refractivity contribution in [3.63, 3.8) is 0 Å².